The highest BCUT2D eigenvalue weighted by molar-refractivity contribution is 6.06. The van der Waals surface area contributed by atoms with Crippen molar-refractivity contribution in [3.05, 3.63) is 42.0 Å². The first-order valence-corrected chi connectivity index (χ1v) is 10.2. The lowest BCUT2D eigenvalue weighted by Crippen LogP contribution is -2.34. The topological polar surface area (TPSA) is 86.8 Å². The number of allylic oxidation sites excluding steroid dienone is 2. The van der Waals surface area contributed by atoms with Crippen molar-refractivity contribution in [3.8, 4) is 0 Å². The van der Waals surface area contributed by atoms with Gasteiger partial charge >= 0.3 is 0 Å². The minimum atomic E-state index is -0.276. The maximum atomic E-state index is 12.4. The molecule has 0 radical (unpaired) electrons. The summed E-state index contributed by atoms with van der Waals surface area (Å²) in [5, 5.41) is 2.76. The average molecular weight is 397 g/mol. The molecular weight excluding hydrogens is 370 g/mol. The van der Waals surface area contributed by atoms with Gasteiger partial charge in [-0.05, 0) is 51.0 Å². The predicted octanol–water partition coefficient (Wildman–Crippen LogP) is 2.45. The van der Waals surface area contributed by atoms with Gasteiger partial charge < -0.3 is 10.2 Å². The number of nitrogens with one attached hydrogen (secondary N) is 1. The summed E-state index contributed by atoms with van der Waals surface area (Å²) >= 11 is 0. The third-order valence-corrected chi connectivity index (χ3v) is 5.63. The fourth-order valence-electron chi connectivity index (χ4n) is 3.92. The van der Waals surface area contributed by atoms with E-state index < -0.39 is 0 Å². The number of carbonyl (C=O) groups is 4. The SMILES string of the molecule is CCN(CC)C(=O)c1ccc(NC(=O)CCN2C(=O)[C@H]3CC=CC[C@@H]3C2=O)cc1. The van der Waals surface area contributed by atoms with E-state index in [1.54, 1.807) is 29.2 Å². The molecule has 0 aromatic heterocycles. The van der Waals surface area contributed by atoms with E-state index in [1.807, 2.05) is 26.0 Å². The van der Waals surface area contributed by atoms with E-state index in [1.165, 1.54) is 4.90 Å². The van der Waals surface area contributed by atoms with E-state index >= 15 is 0 Å². The van der Waals surface area contributed by atoms with Crippen molar-refractivity contribution in [1.29, 1.82) is 0 Å². The van der Waals surface area contributed by atoms with Gasteiger partial charge in [0.15, 0.2) is 0 Å². The van der Waals surface area contributed by atoms with E-state index in [2.05, 4.69) is 5.32 Å². The van der Waals surface area contributed by atoms with Crippen LogP contribution in [0.2, 0.25) is 0 Å². The van der Waals surface area contributed by atoms with Gasteiger partial charge in [0.2, 0.25) is 17.7 Å². The van der Waals surface area contributed by atoms with Crippen molar-refractivity contribution in [1.82, 2.24) is 9.80 Å². The Hall–Kier alpha value is -2.96. The number of likely N-dealkylation sites (tertiary alicyclic amines) is 1. The van der Waals surface area contributed by atoms with Crippen LogP contribution in [0.15, 0.2) is 36.4 Å². The monoisotopic (exact) mass is 397 g/mol. The lowest BCUT2D eigenvalue weighted by atomic mass is 9.85. The number of carbonyl (C=O) groups excluding carboxylic acids is 4. The number of hydrogen-bond acceptors (Lipinski definition) is 4. The van der Waals surface area contributed by atoms with E-state index in [-0.39, 0.29) is 48.4 Å². The third kappa shape index (κ3) is 4.39. The number of anilines is 1. The Kier molecular flexibility index (Phi) is 6.46. The highest BCUT2D eigenvalue weighted by atomic mass is 16.2. The molecular formula is C22H27N3O4. The van der Waals surface area contributed by atoms with Crippen molar-refractivity contribution >= 4 is 29.3 Å². The summed E-state index contributed by atoms with van der Waals surface area (Å²) < 4.78 is 0. The number of fused-ring (bicyclic) bond motifs is 1. The van der Waals surface area contributed by atoms with Crippen LogP contribution in [0.4, 0.5) is 5.69 Å². The van der Waals surface area contributed by atoms with Crippen LogP contribution in [0, 0.1) is 11.8 Å². The summed E-state index contributed by atoms with van der Waals surface area (Å²) in [5.74, 6) is -1.21. The molecule has 2 atom stereocenters. The van der Waals surface area contributed by atoms with Crippen LogP contribution < -0.4 is 5.32 Å². The first-order chi connectivity index (χ1) is 14.0. The molecule has 0 spiro atoms. The fraction of sp³-hybridized carbons (Fsp3) is 0.455. The number of imide groups is 1. The van der Waals surface area contributed by atoms with Crippen LogP contribution in [-0.4, -0.2) is 53.1 Å². The molecule has 3 rings (SSSR count). The first kappa shape index (κ1) is 20.8. The molecule has 1 saturated heterocycles. The Labute approximate surface area is 170 Å². The summed E-state index contributed by atoms with van der Waals surface area (Å²) in [6.45, 7) is 5.22. The second-order valence-corrected chi connectivity index (χ2v) is 7.34. The highest BCUT2D eigenvalue weighted by Crippen LogP contribution is 2.35. The van der Waals surface area contributed by atoms with Gasteiger partial charge in [-0.25, -0.2) is 0 Å². The van der Waals surface area contributed by atoms with Crippen molar-refractivity contribution in [2.24, 2.45) is 11.8 Å². The lowest BCUT2D eigenvalue weighted by molar-refractivity contribution is -0.140. The van der Waals surface area contributed by atoms with Gasteiger partial charge in [0, 0.05) is 37.3 Å². The summed E-state index contributed by atoms with van der Waals surface area (Å²) in [5.41, 5.74) is 1.14. The molecule has 1 aromatic carbocycles. The van der Waals surface area contributed by atoms with Crippen molar-refractivity contribution < 1.29 is 19.2 Å². The number of amides is 4. The molecule has 1 N–H and O–H groups in total. The van der Waals surface area contributed by atoms with Crippen molar-refractivity contribution in [3.63, 3.8) is 0 Å². The molecule has 4 amide bonds. The van der Waals surface area contributed by atoms with Crippen LogP contribution in [0.25, 0.3) is 0 Å². The normalized spacial score (nSPS) is 20.6. The molecule has 1 aliphatic heterocycles. The van der Waals surface area contributed by atoms with Gasteiger partial charge in [0.1, 0.15) is 0 Å². The molecule has 1 fully saturated rings. The van der Waals surface area contributed by atoms with Crippen molar-refractivity contribution in [2.75, 3.05) is 25.0 Å². The first-order valence-electron chi connectivity index (χ1n) is 10.2. The van der Waals surface area contributed by atoms with E-state index in [4.69, 9.17) is 0 Å². The second-order valence-electron chi connectivity index (χ2n) is 7.34. The van der Waals surface area contributed by atoms with Gasteiger partial charge in [0.05, 0.1) is 11.8 Å². The summed E-state index contributed by atoms with van der Waals surface area (Å²) in [7, 11) is 0. The molecule has 2 aliphatic rings. The van der Waals surface area contributed by atoms with Gasteiger partial charge in [-0.1, -0.05) is 12.2 Å². The molecule has 1 heterocycles. The number of benzene rings is 1. The summed E-state index contributed by atoms with van der Waals surface area (Å²) in [4.78, 5) is 52.4. The van der Waals surface area contributed by atoms with E-state index in [9.17, 15) is 19.2 Å². The van der Waals surface area contributed by atoms with Gasteiger partial charge in [-0.3, -0.25) is 24.1 Å². The molecule has 0 bridgehead atoms. The number of nitrogens with zero attached hydrogens (tertiary/aromatic N) is 2. The van der Waals surface area contributed by atoms with Crippen LogP contribution >= 0.6 is 0 Å². The third-order valence-electron chi connectivity index (χ3n) is 5.63. The summed E-state index contributed by atoms with van der Waals surface area (Å²) in [6, 6.07) is 6.73. The quantitative estimate of drug-likeness (QED) is 0.566. The fourth-order valence-corrected chi connectivity index (χ4v) is 3.92. The van der Waals surface area contributed by atoms with Crippen LogP contribution in [-0.2, 0) is 14.4 Å². The minimum Gasteiger partial charge on any atom is -0.339 e. The Balaban J connectivity index is 1.53. The number of rotatable bonds is 7. The lowest BCUT2D eigenvalue weighted by Gasteiger charge is -2.18. The van der Waals surface area contributed by atoms with E-state index in [0.29, 0.717) is 37.2 Å². The average Bonchev–Trinajstić information content (AvgIpc) is 2.98. The maximum Gasteiger partial charge on any atom is 0.253 e. The zero-order chi connectivity index (χ0) is 21.0. The molecule has 0 saturated carbocycles. The molecule has 154 valence electrons. The van der Waals surface area contributed by atoms with Gasteiger partial charge in [-0.15, -0.1) is 0 Å². The van der Waals surface area contributed by atoms with Crippen LogP contribution in [0.3, 0.4) is 0 Å². The van der Waals surface area contributed by atoms with Crippen molar-refractivity contribution in [2.45, 2.75) is 33.1 Å². The standard InChI is InChI=1S/C22H27N3O4/c1-3-24(4-2)20(27)15-9-11-16(12-10-15)23-19(26)13-14-25-21(28)17-7-5-6-8-18(17)22(25)29/h5-6,9-12,17-18H,3-4,7-8,13-14H2,1-2H3,(H,23,26)/t17-,18-/m0/s1. The van der Waals surface area contributed by atoms with Gasteiger partial charge in [0.25, 0.3) is 5.91 Å². The molecule has 1 aliphatic carbocycles. The highest BCUT2D eigenvalue weighted by Gasteiger charge is 2.46. The summed E-state index contributed by atoms with van der Waals surface area (Å²) in [6.07, 6.45) is 5.12. The minimum absolute atomic E-state index is 0.0461. The zero-order valence-electron chi connectivity index (χ0n) is 16.9. The van der Waals surface area contributed by atoms with Crippen LogP contribution in [0.5, 0.6) is 0 Å². The maximum absolute atomic E-state index is 12.4. The smallest absolute Gasteiger partial charge is 0.253 e. The second kappa shape index (κ2) is 9.03. The molecule has 7 nitrogen and oxygen atoms in total. The molecule has 1 aromatic rings. The largest absolute Gasteiger partial charge is 0.339 e. The Bertz CT molecular complexity index is 801. The Morgan fingerprint density at radius 2 is 1.55 bits per heavy atom. The Morgan fingerprint density at radius 1 is 1.00 bits per heavy atom. The van der Waals surface area contributed by atoms with E-state index in [0.717, 1.165) is 0 Å². The van der Waals surface area contributed by atoms with Gasteiger partial charge in [-0.2, -0.15) is 0 Å². The molecule has 7 heteroatoms. The Morgan fingerprint density at radius 3 is 2.07 bits per heavy atom. The number of hydrogen-bond donors (Lipinski definition) is 1. The predicted molar refractivity (Wildman–Crippen MR) is 109 cm³/mol. The zero-order valence-corrected chi connectivity index (χ0v) is 16.9. The molecule has 0 unspecified atom stereocenters. The van der Waals surface area contributed by atoms with Crippen LogP contribution in [0.1, 0.15) is 43.5 Å². The molecule has 29 heavy (non-hydrogen) atoms.